The third-order valence-corrected chi connectivity index (χ3v) is 4.45. The fourth-order valence-electron chi connectivity index (χ4n) is 3.30. The lowest BCUT2D eigenvalue weighted by molar-refractivity contribution is -0.127. The second-order valence-electron chi connectivity index (χ2n) is 5.91. The van der Waals surface area contributed by atoms with Crippen molar-refractivity contribution in [2.75, 3.05) is 26.2 Å². The van der Waals surface area contributed by atoms with Crippen LogP contribution in [0.15, 0.2) is 30.5 Å². The molecule has 2 saturated heterocycles. The second kappa shape index (κ2) is 6.85. The Hall–Kier alpha value is -1.68. The summed E-state index contributed by atoms with van der Waals surface area (Å²) < 4.78 is 0. The lowest BCUT2D eigenvalue weighted by atomic mass is 10.0. The van der Waals surface area contributed by atoms with E-state index in [0.29, 0.717) is 6.04 Å². The van der Waals surface area contributed by atoms with Gasteiger partial charge in [-0.25, -0.2) is 0 Å². The van der Waals surface area contributed by atoms with E-state index in [1.807, 2.05) is 29.2 Å². The summed E-state index contributed by atoms with van der Waals surface area (Å²) in [5, 5.41) is 0. The van der Waals surface area contributed by atoms with Crippen LogP contribution in [-0.4, -0.2) is 52.9 Å². The fourth-order valence-corrected chi connectivity index (χ4v) is 3.30. The van der Waals surface area contributed by atoms with Crippen LogP contribution in [0, 0.1) is 0 Å². The summed E-state index contributed by atoms with van der Waals surface area (Å²) in [6.45, 7) is 4.17. The van der Waals surface area contributed by atoms with Crippen LogP contribution in [0.1, 0.15) is 31.4 Å². The molecular weight excluding hydrogens is 262 g/mol. The van der Waals surface area contributed by atoms with Gasteiger partial charge in [-0.05, 0) is 57.0 Å². The van der Waals surface area contributed by atoms with E-state index in [1.54, 1.807) is 12.3 Å². The van der Waals surface area contributed by atoms with E-state index in [9.17, 15) is 4.79 Å². The Labute approximate surface area is 126 Å². The van der Waals surface area contributed by atoms with Crippen molar-refractivity contribution >= 4 is 12.0 Å². The summed E-state index contributed by atoms with van der Waals surface area (Å²) >= 11 is 0. The number of pyridine rings is 1. The summed E-state index contributed by atoms with van der Waals surface area (Å²) in [6.07, 6.45) is 10.2. The van der Waals surface area contributed by atoms with Gasteiger partial charge >= 0.3 is 0 Å². The number of piperidine rings is 1. The molecule has 0 unspecified atom stereocenters. The SMILES string of the molecule is O=C(/C=C\c1ccccn1)N1CCC[C@@H](N2CCCC2)C1. The highest BCUT2D eigenvalue weighted by Gasteiger charge is 2.28. The van der Waals surface area contributed by atoms with Gasteiger partial charge in [0, 0.05) is 31.4 Å². The van der Waals surface area contributed by atoms with Crippen LogP contribution in [0.2, 0.25) is 0 Å². The molecule has 2 fully saturated rings. The number of carbonyl (C=O) groups is 1. The van der Waals surface area contributed by atoms with E-state index in [4.69, 9.17) is 0 Å². The molecule has 1 aromatic rings. The van der Waals surface area contributed by atoms with Crippen molar-refractivity contribution in [2.24, 2.45) is 0 Å². The zero-order chi connectivity index (χ0) is 14.5. The maximum absolute atomic E-state index is 12.3. The average molecular weight is 285 g/mol. The highest BCUT2D eigenvalue weighted by atomic mass is 16.2. The number of carbonyl (C=O) groups excluding carboxylic acids is 1. The minimum Gasteiger partial charge on any atom is -0.338 e. The van der Waals surface area contributed by atoms with Crippen LogP contribution in [0.5, 0.6) is 0 Å². The standard InChI is InChI=1S/C17H23N3O/c21-17(9-8-15-6-1-2-10-18-15)20-13-5-7-16(14-20)19-11-3-4-12-19/h1-2,6,8-10,16H,3-5,7,11-14H2/b9-8-/t16-/m1/s1. The number of aromatic nitrogens is 1. The van der Waals surface area contributed by atoms with Gasteiger partial charge in [0.15, 0.2) is 0 Å². The van der Waals surface area contributed by atoms with Crippen LogP contribution in [0.25, 0.3) is 6.08 Å². The molecule has 0 spiro atoms. The van der Waals surface area contributed by atoms with Crippen molar-refractivity contribution in [2.45, 2.75) is 31.7 Å². The first-order valence-electron chi connectivity index (χ1n) is 7.95. The number of hydrogen-bond donors (Lipinski definition) is 0. The molecule has 1 amide bonds. The first-order chi connectivity index (χ1) is 10.3. The Balaban J connectivity index is 1.58. The zero-order valence-corrected chi connectivity index (χ0v) is 12.4. The van der Waals surface area contributed by atoms with Gasteiger partial charge in [-0.15, -0.1) is 0 Å². The molecule has 3 rings (SSSR count). The molecule has 2 aliphatic rings. The van der Waals surface area contributed by atoms with Crippen LogP contribution in [0.3, 0.4) is 0 Å². The van der Waals surface area contributed by atoms with Gasteiger partial charge in [0.25, 0.3) is 0 Å². The quantitative estimate of drug-likeness (QED) is 0.799. The first-order valence-corrected chi connectivity index (χ1v) is 7.95. The first kappa shape index (κ1) is 14.3. The van der Waals surface area contributed by atoms with Crippen molar-refractivity contribution < 1.29 is 4.79 Å². The predicted octanol–water partition coefficient (Wildman–Crippen LogP) is 2.18. The van der Waals surface area contributed by atoms with E-state index in [2.05, 4.69) is 9.88 Å². The number of likely N-dealkylation sites (tertiary alicyclic amines) is 2. The van der Waals surface area contributed by atoms with Gasteiger partial charge < -0.3 is 4.90 Å². The molecule has 2 aliphatic heterocycles. The van der Waals surface area contributed by atoms with Crippen LogP contribution >= 0.6 is 0 Å². The molecule has 1 aromatic heterocycles. The number of rotatable bonds is 3. The Morgan fingerprint density at radius 1 is 1.19 bits per heavy atom. The summed E-state index contributed by atoms with van der Waals surface area (Å²) in [4.78, 5) is 21.1. The van der Waals surface area contributed by atoms with Crippen molar-refractivity contribution in [3.8, 4) is 0 Å². The molecule has 0 saturated carbocycles. The average Bonchev–Trinajstić information content (AvgIpc) is 3.08. The van der Waals surface area contributed by atoms with Gasteiger partial charge in [-0.1, -0.05) is 6.07 Å². The van der Waals surface area contributed by atoms with Crippen LogP contribution in [-0.2, 0) is 4.79 Å². The third-order valence-electron chi connectivity index (χ3n) is 4.45. The van der Waals surface area contributed by atoms with Gasteiger partial charge in [0.1, 0.15) is 0 Å². The molecule has 4 nitrogen and oxygen atoms in total. The summed E-state index contributed by atoms with van der Waals surface area (Å²) in [5.41, 5.74) is 0.832. The van der Waals surface area contributed by atoms with Gasteiger partial charge in [-0.3, -0.25) is 14.7 Å². The molecule has 1 atom stereocenters. The molecule has 0 bridgehead atoms. The highest BCUT2D eigenvalue weighted by molar-refractivity contribution is 5.91. The maximum Gasteiger partial charge on any atom is 0.246 e. The molecule has 3 heterocycles. The lowest BCUT2D eigenvalue weighted by Crippen LogP contribution is -2.48. The molecule has 21 heavy (non-hydrogen) atoms. The van der Waals surface area contributed by atoms with E-state index in [1.165, 1.54) is 32.4 Å². The number of amides is 1. The lowest BCUT2D eigenvalue weighted by Gasteiger charge is -2.37. The van der Waals surface area contributed by atoms with E-state index < -0.39 is 0 Å². The molecule has 0 aliphatic carbocycles. The summed E-state index contributed by atoms with van der Waals surface area (Å²) in [5.74, 6) is 0.115. The molecule has 0 radical (unpaired) electrons. The van der Waals surface area contributed by atoms with E-state index in [-0.39, 0.29) is 5.91 Å². The van der Waals surface area contributed by atoms with E-state index >= 15 is 0 Å². The summed E-state index contributed by atoms with van der Waals surface area (Å²) in [7, 11) is 0. The Morgan fingerprint density at radius 2 is 2.05 bits per heavy atom. The molecule has 112 valence electrons. The minimum atomic E-state index is 0.115. The normalized spacial score (nSPS) is 23.8. The molecule has 0 aromatic carbocycles. The van der Waals surface area contributed by atoms with Gasteiger partial charge in [0.05, 0.1) is 5.69 Å². The second-order valence-corrected chi connectivity index (χ2v) is 5.91. The highest BCUT2D eigenvalue weighted by Crippen LogP contribution is 2.20. The van der Waals surface area contributed by atoms with Crippen molar-refractivity contribution in [3.63, 3.8) is 0 Å². The fraction of sp³-hybridized carbons (Fsp3) is 0.529. The number of hydrogen-bond acceptors (Lipinski definition) is 3. The minimum absolute atomic E-state index is 0.115. The smallest absolute Gasteiger partial charge is 0.246 e. The van der Waals surface area contributed by atoms with Crippen molar-refractivity contribution in [1.82, 2.24) is 14.8 Å². The Morgan fingerprint density at radius 3 is 2.81 bits per heavy atom. The van der Waals surface area contributed by atoms with Crippen LogP contribution in [0.4, 0.5) is 0 Å². The van der Waals surface area contributed by atoms with E-state index in [0.717, 1.165) is 25.2 Å². The molecule has 0 N–H and O–H groups in total. The third kappa shape index (κ3) is 3.70. The van der Waals surface area contributed by atoms with Gasteiger partial charge in [0.2, 0.25) is 5.91 Å². The largest absolute Gasteiger partial charge is 0.338 e. The van der Waals surface area contributed by atoms with Gasteiger partial charge in [-0.2, -0.15) is 0 Å². The molecular formula is C17H23N3O. The predicted molar refractivity (Wildman–Crippen MR) is 83.7 cm³/mol. The monoisotopic (exact) mass is 285 g/mol. The van der Waals surface area contributed by atoms with Crippen LogP contribution < -0.4 is 0 Å². The Kier molecular flexibility index (Phi) is 4.65. The summed E-state index contributed by atoms with van der Waals surface area (Å²) in [6, 6.07) is 6.28. The Bertz CT molecular complexity index is 494. The topological polar surface area (TPSA) is 36.4 Å². The van der Waals surface area contributed by atoms with Crippen molar-refractivity contribution in [1.29, 1.82) is 0 Å². The maximum atomic E-state index is 12.3. The van der Waals surface area contributed by atoms with Crippen molar-refractivity contribution in [3.05, 3.63) is 36.2 Å². The zero-order valence-electron chi connectivity index (χ0n) is 12.4. The molecule has 4 heteroatoms. The number of nitrogens with zero attached hydrogens (tertiary/aromatic N) is 3.